The Bertz CT molecular complexity index is 570. The first kappa shape index (κ1) is 17.0. The molecule has 1 aromatic carbocycles. The van der Waals surface area contributed by atoms with Gasteiger partial charge in [0, 0.05) is 6.54 Å². The molecular formula is C13H19NO4S2. The van der Waals surface area contributed by atoms with Gasteiger partial charge in [0.15, 0.2) is 0 Å². The number of hydrogen-bond donors (Lipinski definition) is 2. The molecule has 5 nitrogen and oxygen atoms in total. The maximum atomic E-state index is 12.2. The SMILES string of the molecule is CSCCCCNS(=O)(=O)c1cccc(C(=O)O)c1C. The third kappa shape index (κ3) is 4.50. The molecule has 2 N–H and O–H groups in total. The summed E-state index contributed by atoms with van der Waals surface area (Å²) in [7, 11) is -3.65. The Hall–Kier alpha value is -1.05. The van der Waals surface area contributed by atoms with E-state index < -0.39 is 16.0 Å². The van der Waals surface area contributed by atoms with Crippen LogP contribution in [0.5, 0.6) is 0 Å². The Labute approximate surface area is 123 Å². The maximum Gasteiger partial charge on any atom is 0.335 e. The van der Waals surface area contributed by atoms with Crippen LogP contribution in [0, 0.1) is 6.92 Å². The zero-order chi connectivity index (χ0) is 15.2. The van der Waals surface area contributed by atoms with Gasteiger partial charge in [0.2, 0.25) is 10.0 Å². The largest absolute Gasteiger partial charge is 0.478 e. The van der Waals surface area contributed by atoms with Crippen molar-refractivity contribution in [1.29, 1.82) is 0 Å². The molecule has 0 spiro atoms. The van der Waals surface area contributed by atoms with Gasteiger partial charge in [0.05, 0.1) is 10.5 Å². The molecule has 0 saturated carbocycles. The quantitative estimate of drug-likeness (QED) is 0.718. The molecule has 0 heterocycles. The summed E-state index contributed by atoms with van der Waals surface area (Å²) in [6.07, 6.45) is 3.71. The molecule has 0 unspecified atom stereocenters. The predicted octanol–water partition coefficient (Wildman–Crippen LogP) is 2.11. The number of nitrogens with one attached hydrogen (secondary N) is 1. The third-order valence-corrected chi connectivity index (χ3v) is 5.17. The van der Waals surface area contributed by atoms with Crippen molar-refractivity contribution < 1.29 is 18.3 Å². The zero-order valence-electron chi connectivity index (χ0n) is 11.5. The Morgan fingerprint density at radius 2 is 2.05 bits per heavy atom. The van der Waals surface area contributed by atoms with Gasteiger partial charge in [-0.1, -0.05) is 6.07 Å². The van der Waals surface area contributed by atoms with E-state index >= 15 is 0 Å². The average Bonchev–Trinajstić information content (AvgIpc) is 2.38. The minimum absolute atomic E-state index is 0.00950. The van der Waals surface area contributed by atoms with Gasteiger partial charge in [0.1, 0.15) is 0 Å². The first-order valence-corrected chi connectivity index (χ1v) is 9.09. The second kappa shape index (κ2) is 7.66. The zero-order valence-corrected chi connectivity index (χ0v) is 13.2. The molecule has 0 saturated heterocycles. The molecule has 1 rings (SSSR count). The second-order valence-electron chi connectivity index (χ2n) is 4.33. The van der Waals surface area contributed by atoms with Crippen LogP contribution in [-0.4, -0.2) is 38.0 Å². The number of carbonyl (C=O) groups is 1. The highest BCUT2D eigenvalue weighted by molar-refractivity contribution is 7.98. The van der Waals surface area contributed by atoms with Crippen molar-refractivity contribution in [3.05, 3.63) is 29.3 Å². The van der Waals surface area contributed by atoms with E-state index in [-0.39, 0.29) is 16.0 Å². The summed E-state index contributed by atoms with van der Waals surface area (Å²) in [5.41, 5.74) is 0.270. The van der Waals surface area contributed by atoms with Crippen LogP contribution in [0.1, 0.15) is 28.8 Å². The lowest BCUT2D eigenvalue weighted by Crippen LogP contribution is -2.26. The van der Waals surface area contributed by atoms with Crippen molar-refractivity contribution in [3.8, 4) is 0 Å². The Kier molecular flexibility index (Phi) is 6.51. The van der Waals surface area contributed by atoms with E-state index in [1.54, 1.807) is 11.8 Å². The summed E-state index contributed by atoms with van der Waals surface area (Å²) in [6.45, 7) is 1.87. The maximum absolute atomic E-state index is 12.2. The van der Waals surface area contributed by atoms with Crippen LogP contribution >= 0.6 is 11.8 Å². The molecule has 0 aliphatic rings. The van der Waals surface area contributed by atoms with Crippen LogP contribution in [-0.2, 0) is 10.0 Å². The van der Waals surface area contributed by atoms with Crippen LogP contribution in [0.25, 0.3) is 0 Å². The van der Waals surface area contributed by atoms with E-state index in [9.17, 15) is 13.2 Å². The molecule has 112 valence electrons. The van der Waals surface area contributed by atoms with Gasteiger partial charge in [-0.2, -0.15) is 11.8 Å². The highest BCUT2D eigenvalue weighted by atomic mass is 32.2. The average molecular weight is 317 g/mol. The van der Waals surface area contributed by atoms with Gasteiger partial charge < -0.3 is 5.11 Å². The fourth-order valence-electron chi connectivity index (χ4n) is 1.79. The molecule has 0 fully saturated rings. The first-order chi connectivity index (χ1) is 9.40. The number of aromatic carboxylic acids is 1. The van der Waals surface area contributed by atoms with Gasteiger partial charge >= 0.3 is 5.97 Å². The normalized spacial score (nSPS) is 11.5. The van der Waals surface area contributed by atoms with E-state index in [0.717, 1.165) is 18.6 Å². The van der Waals surface area contributed by atoms with Crippen LogP contribution in [0.2, 0.25) is 0 Å². The molecule has 0 aliphatic heterocycles. The molecule has 0 bridgehead atoms. The van der Waals surface area contributed by atoms with Gasteiger partial charge in [-0.05, 0) is 49.5 Å². The van der Waals surface area contributed by atoms with E-state index in [2.05, 4.69) is 4.72 Å². The lowest BCUT2D eigenvalue weighted by molar-refractivity contribution is 0.0696. The predicted molar refractivity (Wildman–Crippen MR) is 80.9 cm³/mol. The fraction of sp³-hybridized carbons (Fsp3) is 0.462. The van der Waals surface area contributed by atoms with Crippen molar-refractivity contribution in [1.82, 2.24) is 4.72 Å². The molecule has 0 radical (unpaired) electrons. The van der Waals surface area contributed by atoms with Crippen LogP contribution < -0.4 is 4.72 Å². The molecule has 1 aromatic rings. The van der Waals surface area contributed by atoms with Crippen molar-refractivity contribution in [2.75, 3.05) is 18.6 Å². The Balaban J connectivity index is 2.83. The molecular weight excluding hydrogens is 298 g/mol. The van der Waals surface area contributed by atoms with Crippen LogP contribution in [0.4, 0.5) is 0 Å². The summed E-state index contributed by atoms with van der Waals surface area (Å²) >= 11 is 1.72. The van der Waals surface area contributed by atoms with Gasteiger partial charge in [0.25, 0.3) is 0 Å². The summed E-state index contributed by atoms with van der Waals surface area (Å²) in [6, 6.07) is 4.26. The number of sulfonamides is 1. The minimum Gasteiger partial charge on any atom is -0.478 e. The standard InChI is InChI=1S/C13H19NO4S2/c1-10-11(13(15)16)6-5-7-12(10)20(17,18)14-8-3-4-9-19-2/h5-7,14H,3-4,8-9H2,1-2H3,(H,15,16). The Morgan fingerprint density at radius 1 is 1.35 bits per heavy atom. The number of thioether (sulfide) groups is 1. The second-order valence-corrected chi connectivity index (χ2v) is 7.05. The minimum atomic E-state index is -3.65. The number of rotatable bonds is 8. The smallest absolute Gasteiger partial charge is 0.335 e. The molecule has 0 aromatic heterocycles. The summed E-state index contributed by atoms with van der Waals surface area (Å²) in [4.78, 5) is 11.0. The Morgan fingerprint density at radius 3 is 2.65 bits per heavy atom. The number of benzene rings is 1. The molecule has 7 heteroatoms. The van der Waals surface area contributed by atoms with Crippen LogP contribution in [0.15, 0.2) is 23.1 Å². The fourth-order valence-corrected chi connectivity index (χ4v) is 3.63. The highest BCUT2D eigenvalue weighted by Gasteiger charge is 2.19. The van der Waals surface area contributed by atoms with Gasteiger partial charge in [-0.3, -0.25) is 0 Å². The summed E-state index contributed by atoms with van der Waals surface area (Å²) in [5, 5.41) is 9.01. The molecule has 0 amide bonds. The molecule has 0 atom stereocenters. The van der Waals surface area contributed by atoms with E-state index in [1.807, 2.05) is 6.26 Å². The monoisotopic (exact) mass is 317 g/mol. The van der Waals surface area contributed by atoms with E-state index in [0.29, 0.717) is 6.54 Å². The number of carboxylic acids is 1. The third-order valence-electron chi connectivity index (χ3n) is 2.87. The topological polar surface area (TPSA) is 83.5 Å². The van der Waals surface area contributed by atoms with Gasteiger partial charge in [-0.25, -0.2) is 17.9 Å². The lowest BCUT2D eigenvalue weighted by Gasteiger charge is -2.10. The van der Waals surface area contributed by atoms with Crippen molar-refractivity contribution in [2.24, 2.45) is 0 Å². The van der Waals surface area contributed by atoms with Crippen molar-refractivity contribution in [2.45, 2.75) is 24.7 Å². The number of hydrogen-bond acceptors (Lipinski definition) is 4. The lowest BCUT2D eigenvalue weighted by atomic mass is 10.1. The first-order valence-electron chi connectivity index (χ1n) is 6.21. The van der Waals surface area contributed by atoms with E-state index in [4.69, 9.17) is 5.11 Å². The van der Waals surface area contributed by atoms with Crippen molar-refractivity contribution >= 4 is 27.8 Å². The highest BCUT2D eigenvalue weighted by Crippen LogP contribution is 2.18. The van der Waals surface area contributed by atoms with Crippen LogP contribution in [0.3, 0.4) is 0 Å². The molecule has 20 heavy (non-hydrogen) atoms. The molecule has 0 aliphatic carbocycles. The summed E-state index contributed by atoms with van der Waals surface area (Å²) in [5.74, 6) is -0.130. The number of unbranched alkanes of at least 4 members (excludes halogenated alkanes) is 1. The van der Waals surface area contributed by atoms with Gasteiger partial charge in [-0.15, -0.1) is 0 Å². The summed E-state index contributed by atoms with van der Waals surface area (Å²) < 4.78 is 26.8. The van der Waals surface area contributed by atoms with Crippen molar-refractivity contribution in [3.63, 3.8) is 0 Å². The number of carboxylic acid groups (broad SMARTS) is 1. The van der Waals surface area contributed by atoms with E-state index in [1.165, 1.54) is 25.1 Å².